The third-order valence-corrected chi connectivity index (χ3v) is 5.00. The highest BCUT2D eigenvalue weighted by molar-refractivity contribution is 9.10. The van der Waals surface area contributed by atoms with Crippen LogP contribution in [0.3, 0.4) is 0 Å². The standard InChI is InChI=1S/C21H18BrN3/c1-15(17-5-3-2-4-6-17)25-20-14-18(22)7-8-19(20)24-21(25)13-16-9-11-23-12-10-16/h2-12,14-15H,13H2,1H3. The van der Waals surface area contributed by atoms with Crippen LogP contribution in [0.5, 0.6) is 0 Å². The Morgan fingerprint density at radius 2 is 1.76 bits per heavy atom. The minimum Gasteiger partial charge on any atom is -0.320 e. The molecule has 0 N–H and O–H groups in total. The monoisotopic (exact) mass is 391 g/mol. The lowest BCUT2D eigenvalue weighted by atomic mass is 10.1. The highest BCUT2D eigenvalue weighted by Crippen LogP contribution is 2.29. The number of pyridine rings is 1. The highest BCUT2D eigenvalue weighted by atomic mass is 79.9. The van der Waals surface area contributed by atoms with Gasteiger partial charge in [0, 0.05) is 23.3 Å². The number of rotatable bonds is 4. The maximum atomic E-state index is 4.92. The minimum absolute atomic E-state index is 0.206. The van der Waals surface area contributed by atoms with Crippen molar-refractivity contribution in [1.29, 1.82) is 0 Å². The molecule has 0 saturated heterocycles. The third-order valence-electron chi connectivity index (χ3n) is 4.51. The van der Waals surface area contributed by atoms with E-state index in [2.05, 4.69) is 74.9 Å². The van der Waals surface area contributed by atoms with Crippen molar-refractivity contribution in [1.82, 2.24) is 14.5 Å². The summed E-state index contributed by atoms with van der Waals surface area (Å²) in [6.07, 6.45) is 4.45. The first kappa shape index (κ1) is 16.0. The maximum absolute atomic E-state index is 4.92. The lowest BCUT2D eigenvalue weighted by Crippen LogP contribution is -2.11. The van der Waals surface area contributed by atoms with Crippen molar-refractivity contribution in [3.05, 3.63) is 94.5 Å². The van der Waals surface area contributed by atoms with Crippen LogP contribution in [-0.2, 0) is 6.42 Å². The van der Waals surface area contributed by atoms with Gasteiger partial charge < -0.3 is 4.57 Å². The summed E-state index contributed by atoms with van der Waals surface area (Å²) >= 11 is 3.60. The Bertz CT molecular complexity index is 994. The molecule has 0 aliphatic rings. The number of imidazole rings is 1. The fourth-order valence-corrected chi connectivity index (χ4v) is 3.59. The van der Waals surface area contributed by atoms with E-state index < -0.39 is 0 Å². The van der Waals surface area contributed by atoms with Crippen LogP contribution in [0.2, 0.25) is 0 Å². The number of hydrogen-bond donors (Lipinski definition) is 0. The molecular formula is C21H18BrN3. The molecule has 4 rings (SSSR count). The smallest absolute Gasteiger partial charge is 0.114 e. The molecule has 0 spiro atoms. The van der Waals surface area contributed by atoms with Crippen LogP contribution < -0.4 is 0 Å². The van der Waals surface area contributed by atoms with Crippen molar-refractivity contribution >= 4 is 27.0 Å². The largest absolute Gasteiger partial charge is 0.320 e. The average molecular weight is 392 g/mol. The van der Waals surface area contributed by atoms with Gasteiger partial charge in [0.2, 0.25) is 0 Å². The number of hydrogen-bond acceptors (Lipinski definition) is 2. The predicted octanol–water partition coefficient (Wildman–Crippen LogP) is 5.39. The van der Waals surface area contributed by atoms with E-state index in [0.717, 1.165) is 27.8 Å². The second-order valence-corrected chi connectivity index (χ2v) is 7.07. The quantitative estimate of drug-likeness (QED) is 0.466. The summed E-state index contributed by atoms with van der Waals surface area (Å²) in [5.41, 5.74) is 4.66. The Hall–Kier alpha value is -2.46. The molecule has 2 heterocycles. The van der Waals surface area contributed by atoms with Gasteiger partial charge in [-0.1, -0.05) is 46.3 Å². The maximum Gasteiger partial charge on any atom is 0.114 e. The lowest BCUT2D eigenvalue weighted by Gasteiger charge is -2.18. The van der Waals surface area contributed by atoms with Gasteiger partial charge in [0.25, 0.3) is 0 Å². The van der Waals surface area contributed by atoms with Crippen molar-refractivity contribution in [3.63, 3.8) is 0 Å². The van der Waals surface area contributed by atoms with E-state index >= 15 is 0 Å². The van der Waals surface area contributed by atoms with Crippen LogP contribution in [0.1, 0.15) is 29.9 Å². The molecule has 2 aromatic carbocycles. The zero-order valence-electron chi connectivity index (χ0n) is 13.9. The van der Waals surface area contributed by atoms with Crippen LogP contribution in [0.25, 0.3) is 11.0 Å². The van der Waals surface area contributed by atoms with Gasteiger partial charge in [-0.15, -0.1) is 0 Å². The molecule has 4 aromatic rings. The third kappa shape index (κ3) is 3.22. The summed E-state index contributed by atoms with van der Waals surface area (Å²) in [7, 11) is 0. The molecule has 25 heavy (non-hydrogen) atoms. The summed E-state index contributed by atoms with van der Waals surface area (Å²) in [5, 5.41) is 0. The molecule has 0 radical (unpaired) electrons. The molecule has 0 amide bonds. The Labute approximate surface area is 155 Å². The van der Waals surface area contributed by atoms with Crippen molar-refractivity contribution in [2.45, 2.75) is 19.4 Å². The van der Waals surface area contributed by atoms with E-state index in [-0.39, 0.29) is 6.04 Å². The zero-order valence-corrected chi connectivity index (χ0v) is 15.5. The van der Waals surface area contributed by atoms with Gasteiger partial charge in [-0.3, -0.25) is 4.98 Å². The molecule has 1 unspecified atom stereocenters. The molecule has 1 atom stereocenters. The van der Waals surface area contributed by atoms with Gasteiger partial charge >= 0.3 is 0 Å². The van der Waals surface area contributed by atoms with E-state index in [1.54, 1.807) is 0 Å². The van der Waals surface area contributed by atoms with E-state index in [1.165, 1.54) is 11.1 Å². The fourth-order valence-electron chi connectivity index (χ4n) is 3.24. The van der Waals surface area contributed by atoms with Gasteiger partial charge in [0.05, 0.1) is 17.1 Å². The van der Waals surface area contributed by atoms with Gasteiger partial charge in [-0.25, -0.2) is 4.98 Å². The second kappa shape index (κ2) is 6.81. The van der Waals surface area contributed by atoms with Crippen molar-refractivity contribution in [2.75, 3.05) is 0 Å². The summed E-state index contributed by atoms with van der Waals surface area (Å²) in [4.78, 5) is 9.03. The van der Waals surface area contributed by atoms with Crippen LogP contribution in [0.4, 0.5) is 0 Å². The summed E-state index contributed by atoms with van der Waals surface area (Å²) in [5.74, 6) is 1.07. The van der Waals surface area contributed by atoms with Gasteiger partial charge in [-0.05, 0) is 48.4 Å². The Morgan fingerprint density at radius 3 is 2.52 bits per heavy atom. The first-order chi connectivity index (χ1) is 12.2. The number of benzene rings is 2. The van der Waals surface area contributed by atoms with Crippen LogP contribution in [-0.4, -0.2) is 14.5 Å². The number of nitrogens with zero attached hydrogens (tertiary/aromatic N) is 3. The lowest BCUT2D eigenvalue weighted by molar-refractivity contribution is 0.627. The molecular weight excluding hydrogens is 374 g/mol. The fraction of sp³-hybridized carbons (Fsp3) is 0.143. The number of aromatic nitrogens is 3. The van der Waals surface area contributed by atoms with Crippen molar-refractivity contribution < 1.29 is 0 Å². The highest BCUT2D eigenvalue weighted by Gasteiger charge is 2.17. The van der Waals surface area contributed by atoms with E-state index in [9.17, 15) is 0 Å². The molecule has 0 aliphatic carbocycles. The van der Waals surface area contributed by atoms with Gasteiger partial charge in [0.1, 0.15) is 5.82 Å². The van der Waals surface area contributed by atoms with Crippen molar-refractivity contribution in [2.24, 2.45) is 0 Å². The summed E-state index contributed by atoms with van der Waals surface area (Å²) in [6, 6.07) is 21.1. The van der Waals surface area contributed by atoms with Crippen LogP contribution in [0, 0.1) is 0 Å². The Morgan fingerprint density at radius 1 is 1.00 bits per heavy atom. The molecule has 3 nitrogen and oxygen atoms in total. The van der Waals surface area contributed by atoms with Gasteiger partial charge in [-0.2, -0.15) is 0 Å². The molecule has 0 fully saturated rings. The van der Waals surface area contributed by atoms with Crippen molar-refractivity contribution in [3.8, 4) is 0 Å². The normalized spacial score (nSPS) is 12.4. The summed E-state index contributed by atoms with van der Waals surface area (Å²) < 4.78 is 3.41. The number of fused-ring (bicyclic) bond motifs is 1. The first-order valence-corrected chi connectivity index (χ1v) is 9.12. The second-order valence-electron chi connectivity index (χ2n) is 6.15. The molecule has 0 saturated carbocycles. The van der Waals surface area contributed by atoms with E-state index in [1.807, 2.05) is 30.6 Å². The Kier molecular flexibility index (Phi) is 4.36. The van der Waals surface area contributed by atoms with E-state index in [4.69, 9.17) is 4.98 Å². The topological polar surface area (TPSA) is 30.7 Å². The van der Waals surface area contributed by atoms with Gasteiger partial charge in [0.15, 0.2) is 0 Å². The summed E-state index contributed by atoms with van der Waals surface area (Å²) in [6.45, 7) is 2.23. The zero-order chi connectivity index (χ0) is 17.2. The van der Waals surface area contributed by atoms with Crippen LogP contribution >= 0.6 is 15.9 Å². The minimum atomic E-state index is 0.206. The molecule has 124 valence electrons. The molecule has 4 heteroatoms. The molecule has 0 bridgehead atoms. The Balaban J connectivity index is 1.87. The molecule has 0 aliphatic heterocycles. The SMILES string of the molecule is CC(c1ccccc1)n1c(Cc2ccncc2)nc2ccc(Br)cc21. The number of halogens is 1. The predicted molar refractivity (Wildman–Crippen MR) is 105 cm³/mol. The first-order valence-electron chi connectivity index (χ1n) is 8.32. The van der Waals surface area contributed by atoms with Crippen LogP contribution in [0.15, 0.2) is 77.5 Å². The van der Waals surface area contributed by atoms with E-state index in [0.29, 0.717) is 0 Å². The average Bonchev–Trinajstić information content (AvgIpc) is 2.99. The molecule has 2 aromatic heterocycles.